The lowest BCUT2D eigenvalue weighted by atomic mass is 9.98. The zero-order valence-electron chi connectivity index (χ0n) is 17.2. The number of hydrogen-bond acceptors (Lipinski definition) is 3. The van der Waals surface area contributed by atoms with Gasteiger partial charge in [0.1, 0.15) is 0 Å². The van der Waals surface area contributed by atoms with Crippen LogP contribution in [0.25, 0.3) is 0 Å². The van der Waals surface area contributed by atoms with Crippen LogP contribution in [-0.4, -0.2) is 50.3 Å². The van der Waals surface area contributed by atoms with Crippen LogP contribution in [-0.2, 0) is 17.8 Å². The van der Waals surface area contributed by atoms with Crippen molar-refractivity contribution in [3.8, 4) is 0 Å². The molecule has 6 heteroatoms. The fourth-order valence-corrected chi connectivity index (χ4v) is 3.22. The molecule has 5 nitrogen and oxygen atoms in total. The SMILES string of the molecule is CCNC(=NCc1ccccc1CN1CCC(C)CC1)NCCOCC.I. The molecule has 0 saturated carbocycles. The summed E-state index contributed by atoms with van der Waals surface area (Å²) in [6, 6.07) is 8.70. The third-order valence-corrected chi connectivity index (χ3v) is 4.88. The Morgan fingerprint density at radius 1 is 1.15 bits per heavy atom. The molecule has 2 N–H and O–H groups in total. The smallest absolute Gasteiger partial charge is 0.191 e. The van der Waals surface area contributed by atoms with Gasteiger partial charge in [-0.2, -0.15) is 0 Å². The van der Waals surface area contributed by atoms with E-state index in [0.717, 1.165) is 38.1 Å². The summed E-state index contributed by atoms with van der Waals surface area (Å²) < 4.78 is 5.39. The fourth-order valence-electron chi connectivity index (χ4n) is 3.22. The third-order valence-electron chi connectivity index (χ3n) is 4.88. The van der Waals surface area contributed by atoms with E-state index in [1.54, 1.807) is 0 Å². The summed E-state index contributed by atoms with van der Waals surface area (Å²) in [6.45, 7) is 13.7. The van der Waals surface area contributed by atoms with Gasteiger partial charge < -0.3 is 15.4 Å². The van der Waals surface area contributed by atoms with Gasteiger partial charge in [0.25, 0.3) is 0 Å². The van der Waals surface area contributed by atoms with Crippen molar-refractivity contribution in [2.75, 3.05) is 39.4 Å². The van der Waals surface area contributed by atoms with Gasteiger partial charge in [-0.3, -0.25) is 4.90 Å². The molecule has 1 aliphatic rings. The monoisotopic (exact) mass is 488 g/mol. The molecule has 0 aliphatic carbocycles. The number of guanidine groups is 1. The van der Waals surface area contributed by atoms with E-state index in [1.807, 2.05) is 6.92 Å². The quantitative estimate of drug-likeness (QED) is 0.241. The van der Waals surface area contributed by atoms with Crippen molar-refractivity contribution >= 4 is 29.9 Å². The van der Waals surface area contributed by atoms with Crippen LogP contribution in [0.5, 0.6) is 0 Å². The van der Waals surface area contributed by atoms with Crippen molar-refractivity contribution in [2.24, 2.45) is 10.9 Å². The average Bonchev–Trinajstić information content (AvgIpc) is 2.66. The van der Waals surface area contributed by atoms with E-state index >= 15 is 0 Å². The minimum absolute atomic E-state index is 0. The Labute approximate surface area is 182 Å². The first-order valence-corrected chi connectivity index (χ1v) is 10.1. The molecule has 1 saturated heterocycles. The summed E-state index contributed by atoms with van der Waals surface area (Å²) in [5, 5.41) is 6.64. The van der Waals surface area contributed by atoms with Gasteiger partial charge in [-0.15, -0.1) is 24.0 Å². The van der Waals surface area contributed by atoms with Gasteiger partial charge in [0, 0.05) is 26.2 Å². The van der Waals surface area contributed by atoms with Crippen molar-refractivity contribution < 1.29 is 4.74 Å². The van der Waals surface area contributed by atoms with Crippen molar-refractivity contribution in [3.05, 3.63) is 35.4 Å². The number of likely N-dealkylation sites (tertiary alicyclic amines) is 1. The predicted octanol–water partition coefficient (Wildman–Crippen LogP) is 3.63. The normalized spacial score (nSPS) is 16.0. The van der Waals surface area contributed by atoms with Gasteiger partial charge in [0.05, 0.1) is 13.2 Å². The first-order valence-electron chi connectivity index (χ1n) is 10.1. The van der Waals surface area contributed by atoms with Gasteiger partial charge in [-0.05, 0) is 56.8 Å². The number of nitrogens with zero attached hydrogens (tertiary/aromatic N) is 2. The second-order valence-electron chi connectivity index (χ2n) is 7.05. The van der Waals surface area contributed by atoms with Gasteiger partial charge >= 0.3 is 0 Å². The number of benzene rings is 1. The predicted molar refractivity (Wildman–Crippen MR) is 125 cm³/mol. The topological polar surface area (TPSA) is 48.9 Å². The molecular formula is C21H37IN4O. The molecule has 0 amide bonds. The van der Waals surface area contributed by atoms with Crippen LogP contribution in [0.15, 0.2) is 29.3 Å². The molecule has 0 spiro atoms. The maximum absolute atomic E-state index is 5.39. The van der Waals surface area contributed by atoms with Crippen molar-refractivity contribution in [3.63, 3.8) is 0 Å². The Hall–Kier alpha value is -0.860. The first-order chi connectivity index (χ1) is 12.7. The second-order valence-corrected chi connectivity index (χ2v) is 7.05. The number of rotatable bonds is 9. The minimum Gasteiger partial charge on any atom is -0.380 e. The summed E-state index contributed by atoms with van der Waals surface area (Å²) in [5.74, 6) is 1.73. The Bertz CT molecular complexity index is 545. The second kappa shape index (κ2) is 14.2. The molecule has 1 aliphatic heterocycles. The highest BCUT2D eigenvalue weighted by Crippen LogP contribution is 2.20. The third kappa shape index (κ3) is 9.25. The first kappa shape index (κ1) is 24.2. The summed E-state index contributed by atoms with van der Waals surface area (Å²) in [5.41, 5.74) is 2.71. The van der Waals surface area contributed by atoms with Crippen LogP contribution in [0, 0.1) is 5.92 Å². The Morgan fingerprint density at radius 2 is 1.85 bits per heavy atom. The molecule has 0 aromatic heterocycles. The number of halogens is 1. The number of hydrogen-bond donors (Lipinski definition) is 2. The maximum Gasteiger partial charge on any atom is 0.191 e. The number of nitrogens with one attached hydrogen (secondary N) is 2. The van der Waals surface area contributed by atoms with Crippen molar-refractivity contribution in [2.45, 2.75) is 46.7 Å². The highest BCUT2D eigenvalue weighted by Gasteiger charge is 2.16. The van der Waals surface area contributed by atoms with Gasteiger partial charge in [-0.1, -0.05) is 31.2 Å². The van der Waals surface area contributed by atoms with E-state index < -0.39 is 0 Å². The Morgan fingerprint density at radius 3 is 2.52 bits per heavy atom. The zero-order chi connectivity index (χ0) is 18.6. The van der Waals surface area contributed by atoms with Gasteiger partial charge in [0.2, 0.25) is 0 Å². The molecule has 2 rings (SSSR count). The highest BCUT2D eigenvalue weighted by molar-refractivity contribution is 14.0. The number of piperidine rings is 1. The molecule has 1 fully saturated rings. The van der Waals surface area contributed by atoms with Gasteiger partial charge in [0.15, 0.2) is 5.96 Å². The van der Waals surface area contributed by atoms with E-state index in [9.17, 15) is 0 Å². The summed E-state index contributed by atoms with van der Waals surface area (Å²) in [4.78, 5) is 7.34. The molecule has 1 heterocycles. The summed E-state index contributed by atoms with van der Waals surface area (Å²) in [7, 11) is 0. The van der Waals surface area contributed by atoms with E-state index in [2.05, 4.69) is 53.6 Å². The molecule has 154 valence electrons. The minimum atomic E-state index is 0. The summed E-state index contributed by atoms with van der Waals surface area (Å²) >= 11 is 0. The molecule has 0 unspecified atom stereocenters. The Kier molecular flexibility index (Phi) is 12.7. The lowest BCUT2D eigenvalue weighted by Crippen LogP contribution is -2.39. The molecule has 1 aromatic carbocycles. The highest BCUT2D eigenvalue weighted by atomic mass is 127. The lowest BCUT2D eigenvalue weighted by molar-refractivity contribution is 0.152. The lowest BCUT2D eigenvalue weighted by Gasteiger charge is -2.30. The molecule has 0 radical (unpaired) electrons. The standard InChI is InChI=1S/C21H36N4O.HI/c1-4-22-21(23-12-15-26-5-2)24-16-19-8-6-7-9-20(19)17-25-13-10-18(3)11-14-25;/h6-9,18H,4-5,10-17H2,1-3H3,(H2,22,23,24);1H. The fraction of sp³-hybridized carbons (Fsp3) is 0.667. The van der Waals surface area contributed by atoms with Crippen LogP contribution < -0.4 is 10.6 Å². The van der Waals surface area contributed by atoms with E-state index in [1.165, 1.54) is 37.1 Å². The number of ether oxygens (including phenoxy) is 1. The van der Waals surface area contributed by atoms with Crippen molar-refractivity contribution in [1.82, 2.24) is 15.5 Å². The molecule has 0 atom stereocenters. The van der Waals surface area contributed by atoms with Crippen LogP contribution in [0.3, 0.4) is 0 Å². The molecular weight excluding hydrogens is 451 g/mol. The average molecular weight is 488 g/mol. The van der Waals surface area contributed by atoms with E-state index in [0.29, 0.717) is 13.2 Å². The largest absolute Gasteiger partial charge is 0.380 e. The van der Waals surface area contributed by atoms with Crippen LogP contribution in [0.2, 0.25) is 0 Å². The molecule has 0 bridgehead atoms. The van der Waals surface area contributed by atoms with E-state index in [4.69, 9.17) is 9.73 Å². The summed E-state index contributed by atoms with van der Waals surface area (Å²) in [6.07, 6.45) is 2.63. The zero-order valence-corrected chi connectivity index (χ0v) is 19.5. The van der Waals surface area contributed by atoms with Gasteiger partial charge in [-0.25, -0.2) is 4.99 Å². The molecule has 1 aromatic rings. The van der Waals surface area contributed by atoms with Crippen LogP contribution in [0.4, 0.5) is 0 Å². The van der Waals surface area contributed by atoms with E-state index in [-0.39, 0.29) is 24.0 Å². The maximum atomic E-state index is 5.39. The van der Waals surface area contributed by atoms with Crippen molar-refractivity contribution in [1.29, 1.82) is 0 Å². The van der Waals surface area contributed by atoms with Crippen LogP contribution >= 0.6 is 24.0 Å². The Balaban J connectivity index is 0.00000364. The number of aliphatic imine (C=N–C) groups is 1. The van der Waals surface area contributed by atoms with Crippen LogP contribution in [0.1, 0.15) is 44.7 Å². The molecule has 27 heavy (non-hydrogen) atoms.